The Hall–Kier alpha value is -3.65. The van der Waals surface area contributed by atoms with Gasteiger partial charge in [-0.1, -0.05) is 36.4 Å². The van der Waals surface area contributed by atoms with E-state index in [0.29, 0.717) is 11.3 Å². The van der Waals surface area contributed by atoms with Gasteiger partial charge in [0, 0.05) is 23.4 Å². The number of fused-ring (bicyclic) bond motifs is 3. The Balaban J connectivity index is 1.51. The van der Waals surface area contributed by atoms with Crippen LogP contribution in [0.2, 0.25) is 0 Å². The summed E-state index contributed by atoms with van der Waals surface area (Å²) in [6, 6.07) is 17.2. The van der Waals surface area contributed by atoms with Crippen molar-refractivity contribution in [3.8, 4) is 0 Å². The van der Waals surface area contributed by atoms with Crippen LogP contribution in [0.25, 0.3) is 0 Å². The lowest BCUT2D eigenvalue weighted by Crippen LogP contribution is -2.30. The highest BCUT2D eigenvalue weighted by Gasteiger charge is 2.40. The highest BCUT2D eigenvalue weighted by molar-refractivity contribution is 7.92. The highest BCUT2D eigenvalue weighted by atomic mass is 32.2. The van der Waals surface area contributed by atoms with E-state index in [-0.39, 0.29) is 33.4 Å². The average molecular weight is 476 g/mol. The summed E-state index contributed by atoms with van der Waals surface area (Å²) in [5.74, 6) is 0.0244. The first-order valence-corrected chi connectivity index (χ1v) is 12.6. The SMILES string of the molecule is Cc1cc(C)cc(NS(=O)(=O)c2ccc3c(c2)[C@H]2C=CC[C@H]2[C@@H](c2ccccc2[N+](=O)[O-])N3)c1. The predicted octanol–water partition coefficient (Wildman–Crippen LogP) is 5.84. The van der Waals surface area contributed by atoms with E-state index in [1.54, 1.807) is 42.5 Å². The number of hydrogen-bond acceptors (Lipinski definition) is 5. The highest BCUT2D eigenvalue weighted by Crippen LogP contribution is 2.51. The molecule has 0 aromatic heterocycles. The number of rotatable bonds is 5. The first kappa shape index (κ1) is 22.2. The second-order valence-corrected chi connectivity index (χ2v) is 10.7. The molecule has 1 aliphatic carbocycles. The van der Waals surface area contributed by atoms with Crippen LogP contribution in [0, 0.1) is 29.9 Å². The third-order valence-corrected chi connectivity index (χ3v) is 7.97. The molecule has 5 rings (SSSR count). The van der Waals surface area contributed by atoms with Crippen LogP contribution in [0.1, 0.15) is 40.6 Å². The van der Waals surface area contributed by atoms with Gasteiger partial charge in [-0.05, 0) is 73.2 Å². The van der Waals surface area contributed by atoms with Gasteiger partial charge in [0.2, 0.25) is 0 Å². The number of nitrogens with one attached hydrogen (secondary N) is 2. The molecule has 3 atom stereocenters. The molecule has 3 aromatic carbocycles. The summed E-state index contributed by atoms with van der Waals surface area (Å²) >= 11 is 0. The molecule has 2 aliphatic rings. The third-order valence-electron chi connectivity index (χ3n) is 6.59. The van der Waals surface area contributed by atoms with E-state index in [4.69, 9.17) is 0 Å². The first-order chi connectivity index (χ1) is 16.2. The van der Waals surface area contributed by atoms with Crippen LogP contribution in [0.5, 0.6) is 0 Å². The molecule has 1 aliphatic heterocycles. The molecule has 0 fully saturated rings. The number of allylic oxidation sites excluding steroid dienone is 2. The minimum absolute atomic E-state index is 0.0302. The number of aryl methyl sites for hydroxylation is 2. The van der Waals surface area contributed by atoms with Crippen molar-refractivity contribution in [2.24, 2.45) is 5.92 Å². The molecular weight excluding hydrogens is 450 g/mol. The average Bonchev–Trinajstić information content (AvgIpc) is 3.27. The van der Waals surface area contributed by atoms with E-state index in [0.717, 1.165) is 28.8 Å². The number of nitro benzene ring substituents is 1. The fraction of sp³-hybridized carbons (Fsp3) is 0.231. The molecule has 7 nitrogen and oxygen atoms in total. The molecule has 1 heterocycles. The van der Waals surface area contributed by atoms with Crippen molar-refractivity contribution in [2.45, 2.75) is 37.1 Å². The van der Waals surface area contributed by atoms with Crippen molar-refractivity contribution in [2.75, 3.05) is 10.0 Å². The number of nitrogens with zero attached hydrogens (tertiary/aromatic N) is 1. The Labute approximate surface area is 198 Å². The topological polar surface area (TPSA) is 101 Å². The van der Waals surface area contributed by atoms with E-state index in [2.05, 4.69) is 22.2 Å². The largest absolute Gasteiger partial charge is 0.377 e. The third kappa shape index (κ3) is 3.94. The number of hydrogen-bond donors (Lipinski definition) is 2. The molecule has 34 heavy (non-hydrogen) atoms. The van der Waals surface area contributed by atoms with Crippen LogP contribution in [-0.4, -0.2) is 13.3 Å². The van der Waals surface area contributed by atoms with Gasteiger partial charge < -0.3 is 5.32 Å². The van der Waals surface area contributed by atoms with Crippen molar-refractivity contribution < 1.29 is 13.3 Å². The lowest BCUT2D eigenvalue weighted by Gasteiger charge is -2.37. The zero-order chi connectivity index (χ0) is 24.0. The zero-order valence-corrected chi connectivity index (χ0v) is 19.7. The van der Waals surface area contributed by atoms with Gasteiger partial charge in [-0.25, -0.2) is 8.42 Å². The Bertz CT molecular complexity index is 1410. The van der Waals surface area contributed by atoms with Crippen LogP contribution >= 0.6 is 0 Å². The molecule has 174 valence electrons. The zero-order valence-electron chi connectivity index (χ0n) is 18.9. The first-order valence-electron chi connectivity index (χ1n) is 11.1. The number of para-hydroxylation sites is 1. The lowest BCUT2D eigenvalue weighted by molar-refractivity contribution is -0.385. The molecule has 0 amide bonds. The van der Waals surface area contributed by atoms with Crippen LogP contribution in [-0.2, 0) is 10.0 Å². The standard InChI is InChI=1S/C26H25N3O4S/c1-16-12-17(2)14-18(13-16)28-34(32,33)19-10-11-24-23(15-19)20-7-5-8-21(20)26(27-24)22-6-3-4-9-25(22)29(30)31/h3-7,9-15,20-21,26-28H,8H2,1-2H3/t20-,21+,26-/m0/s1. The molecule has 3 aromatic rings. The Morgan fingerprint density at radius 2 is 1.74 bits per heavy atom. The van der Waals surface area contributed by atoms with Gasteiger partial charge in [-0.15, -0.1) is 0 Å². The summed E-state index contributed by atoms with van der Waals surface area (Å²) in [6.45, 7) is 3.85. The summed E-state index contributed by atoms with van der Waals surface area (Å²) in [6.07, 6.45) is 4.91. The number of sulfonamides is 1. The van der Waals surface area contributed by atoms with Crippen molar-refractivity contribution in [1.29, 1.82) is 0 Å². The van der Waals surface area contributed by atoms with Crippen molar-refractivity contribution in [3.05, 3.63) is 105 Å². The summed E-state index contributed by atoms with van der Waals surface area (Å²) in [7, 11) is -3.78. The van der Waals surface area contributed by atoms with Gasteiger partial charge in [-0.2, -0.15) is 0 Å². The summed E-state index contributed by atoms with van der Waals surface area (Å²) in [5.41, 5.74) is 4.90. The molecule has 0 spiro atoms. The molecule has 0 radical (unpaired) electrons. The van der Waals surface area contributed by atoms with Crippen molar-refractivity contribution in [3.63, 3.8) is 0 Å². The molecule has 2 N–H and O–H groups in total. The molecule has 0 saturated carbocycles. The van der Waals surface area contributed by atoms with Gasteiger partial charge in [0.1, 0.15) is 0 Å². The quantitative estimate of drug-likeness (QED) is 0.274. The monoisotopic (exact) mass is 475 g/mol. The predicted molar refractivity (Wildman–Crippen MR) is 133 cm³/mol. The maximum Gasteiger partial charge on any atom is 0.274 e. The van der Waals surface area contributed by atoms with E-state index < -0.39 is 10.0 Å². The van der Waals surface area contributed by atoms with Gasteiger partial charge in [0.25, 0.3) is 15.7 Å². The van der Waals surface area contributed by atoms with Crippen LogP contribution < -0.4 is 10.0 Å². The molecular formula is C26H25N3O4S. The number of nitro groups is 1. The van der Waals surface area contributed by atoms with Gasteiger partial charge in [0.05, 0.1) is 21.4 Å². The van der Waals surface area contributed by atoms with Crippen molar-refractivity contribution in [1.82, 2.24) is 0 Å². The van der Waals surface area contributed by atoms with E-state index >= 15 is 0 Å². The van der Waals surface area contributed by atoms with E-state index in [9.17, 15) is 18.5 Å². The van der Waals surface area contributed by atoms with Crippen LogP contribution in [0.4, 0.5) is 17.1 Å². The molecule has 8 heteroatoms. The second kappa shape index (κ2) is 8.29. The minimum atomic E-state index is -3.78. The van der Waals surface area contributed by atoms with Crippen LogP contribution in [0.15, 0.2) is 77.7 Å². The number of benzene rings is 3. The Morgan fingerprint density at radius 1 is 1.00 bits per heavy atom. The molecule has 0 saturated heterocycles. The lowest BCUT2D eigenvalue weighted by atomic mass is 9.76. The summed E-state index contributed by atoms with van der Waals surface area (Å²) in [4.78, 5) is 11.5. The fourth-order valence-corrected chi connectivity index (χ4v) is 6.29. The second-order valence-electron chi connectivity index (χ2n) is 9.02. The van der Waals surface area contributed by atoms with Gasteiger partial charge >= 0.3 is 0 Å². The van der Waals surface area contributed by atoms with Gasteiger partial charge in [-0.3, -0.25) is 14.8 Å². The normalized spacial score (nSPS) is 20.8. The molecule has 0 bridgehead atoms. The van der Waals surface area contributed by atoms with Crippen molar-refractivity contribution >= 4 is 27.1 Å². The van der Waals surface area contributed by atoms with Crippen LogP contribution in [0.3, 0.4) is 0 Å². The number of anilines is 2. The minimum Gasteiger partial charge on any atom is -0.377 e. The maximum atomic E-state index is 13.2. The molecule has 0 unspecified atom stereocenters. The summed E-state index contributed by atoms with van der Waals surface area (Å²) in [5, 5.41) is 15.1. The smallest absolute Gasteiger partial charge is 0.274 e. The van der Waals surface area contributed by atoms with E-state index in [1.165, 1.54) is 6.07 Å². The fourth-order valence-electron chi connectivity index (χ4n) is 5.21. The Morgan fingerprint density at radius 3 is 2.47 bits per heavy atom. The summed E-state index contributed by atoms with van der Waals surface area (Å²) < 4.78 is 29.1. The van der Waals surface area contributed by atoms with Gasteiger partial charge in [0.15, 0.2) is 0 Å². The maximum absolute atomic E-state index is 13.2. The Kier molecular flexibility index (Phi) is 5.40. The van der Waals surface area contributed by atoms with E-state index in [1.807, 2.05) is 26.0 Å².